The molecule has 3 nitrogen and oxygen atoms in total. The minimum Gasteiger partial charge on any atom is -0.503 e. The average molecular weight is 258 g/mol. The molecule has 0 amide bonds. The highest BCUT2D eigenvalue weighted by molar-refractivity contribution is 9.10. The Morgan fingerprint density at radius 1 is 1.57 bits per heavy atom. The molecule has 0 atom stereocenters. The van der Waals surface area contributed by atoms with Crippen LogP contribution >= 0.6 is 15.9 Å². The van der Waals surface area contributed by atoms with Gasteiger partial charge in [-0.25, -0.2) is 0 Å². The molecule has 0 unspecified atom stereocenters. The molecule has 0 saturated carbocycles. The molecule has 1 heterocycles. The van der Waals surface area contributed by atoms with Gasteiger partial charge in [0.15, 0.2) is 11.5 Å². The largest absolute Gasteiger partial charge is 0.503 e. The highest BCUT2D eigenvalue weighted by atomic mass is 79.9. The Morgan fingerprint density at radius 2 is 2.36 bits per heavy atom. The molecule has 1 aliphatic rings. The summed E-state index contributed by atoms with van der Waals surface area (Å²) in [6.45, 7) is 1.78. The van der Waals surface area contributed by atoms with Crippen LogP contribution in [0, 0.1) is 0 Å². The van der Waals surface area contributed by atoms with Crippen molar-refractivity contribution in [2.45, 2.75) is 13.0 Å². The predicted molar refractivity (Wildman–Crippen MR) is 57.8 cm³/mol. The molecule has 2 rings (SSSR count). The van der Waals surface area contributed by atoms with Crippen LogP contribution in [-0.2, 0) is 13.0 Å². The maximum Gasteiger partial charge on any atom is 0.172 e. The van der Waals surface area contributed by atoms with E-state index in [1.54, 1.807) is 7.11 Å². The van der Waals surface area contributed by atoms with Crippen LogP contribution < -0.4 is 10.1 Å². The second-order valence-electron chi connectivity index (χ2n) is 3.31. The van der Waals surface area contributed by atoms with Crippen LogP contribution in [0.1, 0.15) is 11.1 Å². The molecule has 0 saturated heterocycles. The maximum absolute atomic E-state index is 9.75. The van der Waals surface area contributed by atoms with Gasteiger partial charge in [0.1, 0.15) is 0 Å². The predicted octanol–water partition coefficient (Wildman–Crippen LogP) is 1.81. The van der Waals surface area contributed by atoms with E-state index in [9.17, 15) is 5.11 Å². The van der Waals surface area contributed by atoms with Crippen molar-refractivity contribution in [2.24, 2.45) is 0 Å². The van der Waals surface area contributed by atoms with Gasteiger partial charge in [-0.1, -0.05) is 0 Å². The van der Waals surface area contributed by atoms with Crippen molar-refractivity contribution in [3.63, 3.8) is 0 Å². The lowest BCUT2D eigenvalue weighted by atomic mass is 10.0. The first-order chi connectivity index (χ1) is 6.74. The number of phenolic OH excluding ortho intramolecular Hbond substituents is 1. The number of hydrogen-bond acceptors (Lipinski definition) is 3. The van der Waals surface area contributed by atoms with Crippen molar-refractivity contribution in [1.29, 1.82) is 0 Å². The molecule has 0 spiro atoms. The second-order valence-corrected chi connectivity index (χ2v) is 4.10. The summed E-state index contributed by atoms with van der Waals surface area (Å²) in [5.74, 6) is 0.729. The van der Waals surface area contributed by atoms with Crippen LogP contribution in [-0.4, -0.2) is 18.8 Å². The number of ether oxygens (including phenoxy) is 1. The Bertz CT molecular complexity index is 366. The lowest BCUT2D eigenvalue weighted by molar-refractivity contribution is 0.370. The van der Waals surface area contributed by atoms with E-state index in [2.05, 4.69) is 21.2 Å². The van der Waals surface area contributed by atoms with Gasteiger partial charge in [-0.15, -0.1) is 0 Å². The van der Waals surface area contributed by atoms with E-state index in [1.807, 2.05) is 6.07 Å². The van der Waals surface area contributed by atoms with Crippen molar-refractivity contribution >= 4 is 15.9 Å². The molecule has 0 radical (unpaired) electrons. The number of halogens is 1. The van der Waals surface area contributed by atoms with Gasteiger partial charge in [-0.3, -0.25) is 0 Å². The number of fused-ring (bicyclic) bond motifs is 1. The SMILES string of the molecule is COc1cc2c(c(Br)c1O)CNCC2. The van der Waals surface area contributed by atoms with Crippen molar-refractivity contribution in [2.75, 3.05) is 13.7 Å². The van der Waals surface area contributed by atoms with Crippen molar-refractivity contribution in [1.82, 2.24) is 5.32 Å². The van der Waals surface area contributed by atoms with Gasteiger partial charge >= 0.3 is 0 Å². The summed E-state index contributed by atoms with van der Waals surface area (Å²) in [6, 6.07) is 1.91. The van der Waals surface area contributed by atoms with Crippen LogP contribution in [0.25, 0.3) is 0 Å². The topological polar surface area (TPSA) is 41.5 Å². The third-order valence-electron chi connectivity index (χ3n) is 2.49. The average Bonchev–Trinajstić information content (AvgIpc) is 2.23. The summed E-state index contributed by atoms with van der Waals surface area (Å²) in [5.41, 5.74) is 2.37. The summed E-state index contributed by atoms with van der Waals surface area (Å²) >= 11 is 3.39. The van der Waals surface area contributed by atoms with Crippen LogP contribution in [0.2, 0.25) is 0 Å². The third kappa shape index (κ3) is 1.48. The summed E-state index contributed by atoms with van der Waals surface area (Å²) in [5, 5.41) is 13.0. The summed E-state index contributed by atoms with van der Waals surface area (Å²) < 4.78 is 5.84. The second kappa shape index (κ2) is 3.79. The zero-order valence-electron chi connectivity index (χ0n) is 7.93. The van der Waals surface area contributed by atoms with E-state index in [0.29, 0.717) is 5.75 Å². The van der Waals surface area contributed by atoms with Gasteiger partial charge in [0.25, 0.3) is 0 Å². The Labute approximate surface area is 91.2 Å². The number of nitrogens with one attached hydrogen (secondary N) is 1. The molecule has 4 heteroatoms. The smallest absolute Gasteiger partial charge is 0.172 e. The molecule has 1 aromatic rings. The van der Waals surface area contributed by atoms with Gasteiger partial charge in [0.2, 0.25) is 0 Å². The van der Waals surface area contributed by atoms with Crippen molar-refractivity contribution in [3.05, 3.63) is 21.7 Å². The first kappa shape index (κ1) is 9.80. The standard InChI is InChI=1S/C10H12BrNO2/c1-14-8-4-6-2-3-12-5-7(6)9(11)10(8)13/h4,12-13H,2-3,5H2,1H3. The molecule has 0 aromatic heterocycles. The summed E-state index contributed by atoms with van der Waals surface area (Å²) in [6.07, 6.45) is 0.977. The maximum atomic E-state index is 9.75. The van der Waals surface area contributed by atoms with Crippen LogP contribution in [0.3, 0.4) is 0 Å². The molecule has 14 heavy (non-hydrogen) atoms. The van der Waals surface area contributed by atoms with E-state index >= 15 is 0 Å². The van der Waals surface area contributed by atoms with Gasteiger partial charge in [0.05, 0.1) is 11.6 Å². The monoisotopic (exact) mass is 257 g/mol. The molecular formula is C10H12BrNO2. The van der Waals surface area contributed by atoms with Crippen LogP contribution in [0.15, 0.2) is 10.5 Å². The molecule has 0 bridgehead atoms. The Kier molecular flexibility index (Phi) is 2.65. The normalized spacial score (nSPS) is 15.0. The first-order valence-electron chi connectivity index (χ1n) is 4.52. The minimum atomic E-state index is 0.190. The Morgan fingerprint density at radius 3 is 3.07 bits per heavy atom. The molecule has 0 fully saturated rings. The number of rotatable bonds is 1. The van der Waals surface area contributed by atoms with E-state index in [0.717, 1.165) is 29.5 Å². The lowest BCUT2D eigenvalue weighted by Crippen LogP contribution is -2.24. The zero-order valence-corrected chi connectivity index (χ0v) is 9.52. The summed E-state index contributed by atoms with van der Waals surface area (Å²) in [7, 11) is 1.56. The zero-order chi connectivity index (χ0) is 10.1. The third-order valence-corrected chi connectivity index (χ3v) is 3.35. The van der Waals surface area contributed by atoms with Crippen LogP contribution in [0.5, 0.6) is 11.5 Å². The van der Waals surface area contributed by atoms with E-state index in [1.165, 1.54) is 5.56 Å². The quantitative estimate of drug-likeness (QED) is 0.807. The van der Waals surface area contributed by atoms with Gasteiger partial charge in [0, 0.05) is 6.54 Å². The number of methoxy groups -OCH3 is 1. The fourth-order valence-corrected chi connectivity index (χ4v) is 2.30. The fourth-order valence-electron chi connectivity index (χ4n) is 1.71. The fraction of sp³-hybridized carbons (Fsp3) is 0.400. The molecular weight excluding hydrogens is 246 g/mol. The van der Waals surface area contributed by atoms with Gasteiger partial charge in [-0.2, -0.15) is 0 Å². The molecule has 0 aliphatic carbocycles. The molecule has 2 N–H and O–H groups in total. The summed E-state index contributed by atoms with van der Waals surface area (Å²) in [4.78, 5) is 0. The molecule has 1 aliphatic heterocycles. The highest BCUT2D eigenvalue weighted by Gasteiger charge is 2.18. The van der Waals surface area contributed by atoms with Crippen molar-refractivity contribution in [3.8, 4) is 11.5 Å². The number of hydrogen-bond donors (Lipinski definition) is 2. The molecule has 1 aromatic carbocycles. The van der Waals surface area contributed by atoms with Gasteiger partial charge < -0.3 is 15.2 Å². The van der Waals surface area contributed by atoms with Gasteiger partial charge in [-0.05, 0) is 46.1 Å². The minimum absolute atomic E-state index is 0.190. The highest BCUT2D eigenvalue weighted by Crippen LogP contribution is 2.39. The lowest BCUT2D eigenvalue weighted by Gasteiger charge is -2.20. The van der Waals surface area contributed by atoms with E-state index in [4.69, 9.17) is 4.74 Å². The van der Waals surface area contributed by atoms with Crippen molar-refractivity contribution < 1.29 is 9.84 Å². The first-order valence-corrected chi connectivity index (χ1v) is 5.31. The Hall–Kier alpha value is -0.740. The van der Waals surface area contributed by atoms with E-state index < -0.39 is 0 Å². The molecule has 76 valence electrons. The Balaban J connectivity index is 2.57. The number of aromatic hydroxyl groups is 1. The van der Waals surface area contributed by atoms with E-state index in [-0.39, 0.29) is 5.75 Å². The number of benzene rings is 1. The number of phenols is 1. The van der Waals surface area contributed by atoms with Crippen LogP contribution in [0.4, 0.5) is 0 Å².